The van der Waals surface area contributed by atoms with Crippen LogP contribution in [0.4, 0.5) is 0 Å². The molecular weight excluding hydrogens is 340 g/mol. The lowest BCUT2D eigenvalue weighted by molar-refractivity contribution is 0.0663. The lowest BCUT2D eigenvalue weighted by Gasteiger charge is -2.31. The van der Waals surface area contributed by atoms with E-state index in [4.69, 9.17) is 16.0 Å². The van der Waals surface area contributed by atoms with Crippen LogP contribution in [0, 0.1) is 0 Å². The van der Waals surface area contributed by atoms with Gasteiger partial charge in [0.1, 0.15) is 18.4 Å². The Labute approximate surface area is 150 Å². The fourth-order valence-corrected chi connectivity index (χ4v) is 3.41. The number of aromatic nitrogens is 3. The number of furan rings is 1. The first-order valence-corrected chi connectivity index (χ1v) is 8.58. The molecule has 0 unspecified atom stereocenters. The number of likely N-dealkylation sites (tertiary alicyclic amines) is 1. The van der Waals surface area contributed by atoms with Crippen molar-refractivity contribution in [2.24, 2.45) is 0 Å². The van der Waals surface area contributed by atoms with Crippen LogP contribution in [0.25, 0.3) is 11.3 Å². The monoisotopic (exact) mass is 356 g/mol. The van der Waals surface area contributed by atoms with Crippen molar-refractivity contribution in [1.29, 1.82) is 0 Å². The van der Waals surface area contributed by atoms with Crippen LogP contribution < -0.4 is 0 Å². The Bertz CT molecular complexity index is 867. The summed E-state index contributed by atoms with van der Waals surface area (Å²) in [7, 11) is 0. The second-order valence-corrected chi connectivity index (χ2v) is 6.48. The van der Waals surface area contributed by atoms with Crippen LogP contribution in [0.5, 0.6) is 0 Å². The summed E-state index contributed by atoms with van der Waals surface area (Å²) in [4.78, 5) is 14.5. The Morgan fingerprint density at radius 3 is 2.52 bits per heavy atom. The van der Waals surface area contributed by atoms with Crippen molar-refractivity contribution in [2.75, 3.05) is 13.1 Å². The minimum atomic E-state index is -0.0829. The van der Waals surface area contributed by atoms with Crippen molar-refractivity contribution < 1.29 is 9.21 Å². The van der Waals surface area contributed by atoms with Gasteiger partial charge in [-0.25, -0.2) is 0 Å². The number of halogens is 1. The molecule has 1 fully saturated rings. The SMILES string of the molecule is O=C(c1ccc(-c2ccccc2Cl)o1)N1CCC(n2cnnc2)CC1. The summed E-state index contributed by atoms with van der Waals surface area (Å²) in [5.74, 6) is 0.867. The first-order chi connectivity index (χ1) is 12.2. The van der Waals surface area contributed by atoms with Gasteiger partial charge >= 0.3 is 0 Å². The predicted octanol–water partition coefficient (Wildman–Crippen LogP) is 3.67. The highest BCUT2D eigenvalue weighted by Crippen LogP contribution is 2.30. The number of hydrogen-bond acceptors (Lipinski definition) is 4. The van der Waals surface area contributed by atoms with Crippen molar-refractivity contribution in [1.82, 2.24) is 19.7 Å². The molecule has 0 bridgehead atoms. The Morgan fingerprint density at radius 1 is 1.08 bits per heavy atom. The van der Waals surface area contributed by atoms with Crippen molar-refractivity contribution >= 4 is 17.5 Å². The summed E-state index contributed by atoms with van der Waals surface area (Å²) in [6.07, 6.45) is 5.21. The van der Waals surface area contributed by atoms with E-state index in [0.717, 1.165) is 18.4 Å². The van der Waals surface area contributed by atoms with Gasteiger partial charge in [-0.05, 0) is 37.1 Å². The molecule has 25 heavy (non-hydrogen) atoms. The third-order valence-corrected chi connectivity index (χ3v) is 4.90. The maximum Gasteiger partial charge on any atom is 0.289 e. The first kappa shape index (κ1) is 15.9. The lowest BCUT2D eigenvalue weighted by atomic mass is 10.0. The second-order valence-electron chi connectivity index (χ2n) is 6.08. The Hall–Kier alpha value is -2.60. The molecule has 1 saturated heterocycles. The number of carbonyl (C=O) groups is 1. The zero-order chi connectivity index (χ0) is 17.2. The topological polar surface area (TPSA) is 64.2 Å². The van der Waals surface area contributed by atoms with E-state index in [1.807, 2.05) is 27.7 Å². The van der Waals surface area contributed by atoms with E-state index in [1.165, 1.54) is 0 Å². The molecule has 4 rings (SSSR count). The van der Waals surface area contributed by atoms with E-state index in [9.17, 15) is 4.79 Å². The molecule has 1 aliphatic rings. The maximum absolute atomic E-state index is 12.7. The summed E-state index contributed by atoms with van der Waals surface area (Å²) in [6.45, 7) is 1.37. The Morgan fingerprint density at radius 2 is 1.80 bits per heavy atom. The fraction of sp³-hybridized carbons (Fsp3) is 0.278. The molecule has 0 spiro atoms. The van der Waals surface area contributed by atoms with E-state index in [2.05, 4.69) is 10.2 Å². The van der Waals surface area contributed by atoms with Gasteiger partial charge in [0, 0.05) is 24.7 Å². The number of amides is 1. The highest BCUT2D eigenvalue weighted by atomic mass is 35.5. The van der Waals surface area contributed by atoms with Gasteiger partial charge in [0.05, 0.1) is 5.02 Å². The molecule has 0 saturated carbocycles. The van der Waals surface area contributed by atoms with Crippen LogP contribution >= 0.6 is 11.6 Å². The summed E-state index contributed by atoms with van der Waals surface area (Å²) >= 11 is 6.19. The van der Waals surface area contributed by atoms with Gasteiger partial charge in [0.25, 0.3) is 5.91 Å². The van der Waals surface area contributed by atoms with Crippen molar-refractivity contribution in [3.8, 4) is 11.3 Å². The standard InChI is InChI=1S/C18H17ClN4O2/c19-15-4-2-1-3-14(15)16-5-6-17(25-16)18(24)22-9-7-13(8-10-22)23-11-20-21-12-23/h1-6,11-13H,7-10H2. The molecule has 1 aromatic carbocycles. The minimum Gasteiger partial charge on any atom is -0.451 e. The minimum absolute atomic E-state index is 0.0829. The molecule has 0 aliphatic carbocycles. The quantitative estimate of drug-likeness (QED) is 0.718. The van der Waals surface area contributed by atoms with Crippen LogP contribution in [0.1, 0.15) is 29.4 Å². The van der Waals surface area contributed by atoms with Crippen LogP contribution in [0.3, 0.4) is 0 Å². The molecule has 128 valence electrons. The number of benzene rings is 1. The molecule has 2 aromatic heterocycles. The molecule has 3 heterocycles. The van der Waals surface area contributed by atoms with Gasteiger partial charge in [0.15, 0.2) is 5.76 Å². The molecule has 0 radical (unpaired) electrons. The lowest BCUT2D eigenvalue weighted by Crippen LogP contribution is -2.38. The van der Waals surface area contributed by atoms with Crippen molar-refractivity contribution in [3.05, 3.63) is 59.8 Å². The Balaban J connectivity index is 1.45. The summed E-state index contributed by atoms with van der Waals surface area (Å²) in [5, 5.41) is 8.29. The van der Waals surface area contributed by atoms with Gasteiger partial charge in [-0.2, -0.15) is 0 Å². The molecule has 0 N–H and O–H groups in total. The highest BCUT2D eigenvalue weighted by molar-refractivity contribution is 6.33. The average Bonchev–Trinajstić information content (AvgIpc) is 3.34. The molecular formula is C18H17ClN4O2. The van der Waals surface area contributed by atoms with Crippen molar-refractivity contribution in [2.45, 2.75) is 18.9 Å². The first-order valence-electron chi connectivity index (χ1n) is 8.20. The second kappa shape index (κ2) is 6.72. The van der Waals surface area contributed by atoms with Gasteiger partial charge in [-0.3, -0.25) is 4.79 Å². The fourth-order valence-electron chi connectivity index (χ4n) is 3.18. The Kier molecular flexibility index (Phi) is 4.28. The van der Waals surface area contributed by atoms with E-state index < -0.39 is 0 Å². The van der Waals surface area contributed by atoms with Gasteiger partial charge < -0.3 is 13.9 Å². The smallest absolute Gasteiger partial charge is 0.289 e. The normalized spacial score (nSPS) is 15.5. The molecule has 1 aliphatic heterocycles. The van der Waals surface area contributed by atoms with E-state index in [0.29, 0.717) is 35.7 Å². The number of nitrogens with zero attached hydrogens (tertiary/aromatic N) is 4. The largest absolute Gasteiger partial charge is 0.451 e. The molecule has 3 aromatic rings. The maximum atomic E-state index is 12.7. The predicted molar refractivity (Wildman–Crippen MR) is 93.4 cm³/mol. The third kappa shape index (κ3) is 3.17. The van der Waals surface area contributed by atoms with Gasteiger partial charge in [-0.1, -0.05) is 23.7 Å². The van der Waals surface area contributed by atoms with Crippen LogP contribution in [-0.4, -0.2) is 38.7 Å². The number of hydrogen-bond donors (Lipinski definition) is 0. The number of piperidine rings is 1. The zero-order valence-electron chi connectivity index (χ0n) is 13.5. The van der Waals surface area contributed by atoms with Crippen LogP contribution in [0.15, 0.2) is 53.5 Å². The van der Waals surface area contributed by atoms with Crippen LogP contribution in [0.2, 0.25) is 5.02 Å². The molecule has 1 amide bonds. The average molecular weight is 357 g/mol. The number of rotatable bonds is 3. The zero-order valence-corrected chi connectivity index (χ0v) is 14.3. The van der Waals surface area contributed by atoms with Gasteiger partial charge in [-0.15, -0.1) is 10.2 Å². The number of carbonyl (C=O) groups excluding carboxylic acids is 1. The third-order valence-electron chi connectivity index (χ3n) is 4.57. The molecule has 6 nitrogen and oxygen atoms in total. The van der Waals surface area contributed by atoms with E-state index in [1.54, 1.807) is 30.9 Å². The van der Waals surface area contributed by atoms with E-state index >= 15 is 0 Å². The molecule has 0 atom stereocenters. The summed E-state index contributed by atoms with van der Waals surface area (Å²) < 4.78 is 7.77. The van der Waals surface area contributed by atoms with Crippen LogP contribution in [-0.2, 0) is 0 Å². The summed E-state index contributed by atoms with van der Waals surface area (Å²) in [6, 6.07) is 11.3. The summed E-state index contributed by atoms with van der Waals surface area (Å²) in [5.41, 5.74) is 0.787. The van der Waals surface area contributed by atoms with Gasteiger partial charge in [0.2, 0.25) is 0 Å². The molecule has 7 heteroatoms. The van der Waals surface area contributed by atoms with Crippen molar-refractivity contribution in [3.63, 3.8) is 0 Å². The highest BCUT2D eigenvalue weighted by Gasteiger charge is 2.26. The van der Waals surface area contributed by atoms with E-state index in [-0.39, 0.29) is 5.91 Å².